The molecule has 0 aliphatic heterocycles. The zero-order valence-corrected chi connectivity index (χ0v) is 24.6. The normalized spacial score (nSPS) is 13.5. The maximum atomic E-state index is 13.7. The quantitative estimate of drug-likeness (QED) is 0.167. The minimum absolute atomic E-state index is 0.0473. The molecule has 0 fully saturated rings. The summed E-state index contributed by atoms with van der Waals surface area (Å²) in [5, 5.41) is 1.42. The summed E-state index contributed by atoms with van der Waals surface area (Å²) in [6.45, 7) is 11.3. The van der Waals surface area contributed by atoms with E-state index >= 15 is 0 Å². The van der Waals surface area contributed by atoms with Crippen LogP contribution in [0.5, 0.6) is 0 Å². The van der Waals surface area contributed by atoms with E-state index in [1.165, 1.54) is 0 Å². The van der Waals surface area contributed by atoms with Crippen LogP contribution in [0.1, 0.15) is 52.0 Å². The van der Waals surface area contributed by atoms with Crippen molar-refractivity contribution in [3.8, 4) is 0 Å². The first-order valence-corrected chi connectivity index (χ1v) is 15.3. The molecule has 1 heterocycles. The highest BCUT2D eigenvalue weighted by Gasteiger charge is 2.36. The lowest BCUT2D eigenvalue weighted by atomic mass is 10.2. The summed E-state index contributed by atoms with van der Waals surface area (Å²) in [6.07, 6.45) is 7.25. The number of fused-ring (bicyclic) bond motifs is 1. The fourth-order valence-corrected chi connectivity index (χ4v) is 7.37. The highest BCUT2D eigenvalue weighted by molar-refractivity contribution is 7.91. The number of ether oxygens (including phenoxy) is 1. The molecule has 2 atom stereocenters. The molecule has 2 aromatic carbocycles. The lowest BCUT2D eigenvalue weighted by Gasteiger charge is -2.20. The van der Waals surface area contributed by atoms with Gasteiger partial charge in [0, 0.05) is 27.6 Å². The second-order valence-electron chi connectivity index (χ2n) is 7.83. The predicted octanol–water partition coefficient (Wildman–Crippen LogP) is 6.58. The van der Waals surface area contributed by atoms with Crippen LogP contribution in [0.25, 0.3) is 10.9 Å². The van der Waals surface area contributed by atoms with Gasteiger partial charge in [-0.05, 0) is 59.7 Å². The average Bonchev–Trinajstić information content (AvgIpc) is 3.23. The smallest absolute Gasteiger partial charge is 0.356 e. The lowest BCUT2D eigenvalue weighted by Crippen LogP contribution is -2.30. The number of nitrogens with zero attached hydrogens (tertiary/aromatic N) is 1. The molecular formula is C28H35ClNO5PS. The summed E-state index contributed by atoms with van der Waals surface area (Å²) in [6, 6.07) is 14.4. The van der Waals surface area contributed by atoms with Gasteiger partial charge in [0.2, 0.25) is 10.0 Å². The van der Waals surface area contributed by atoms with Crippen molar-refractivity contribution in [2.24, 2.45) is 0 Å². The summed E-state index contributed by atoms with van der Waals surface area (Å²) in [5.74, 6) is -0.723. The molecule has 1 aromatic heterocycles. The summed E-state index contributed by atoms with van der Waals surface area (Å²) in [5.41, 5.74) is 0.311. The first-order chi connectivity index (χ1) is 17.7. The molecule has 0 saturated heterocycles. The summed E-state index contributed by atoms with van der Waals surface area (Å²) >= 11 is 6.33. The van der Waals surface area contributed by atoms with Crippen LogP contribution in [0, 0.1) is 0 Å². The van der Waals surface area contributed by atoms with Crippen LogP contribution in [-0.2, 0) is 19.3 Å². The molecule has 37 heavy (non-hydrogen) atoms. The van der Waals surface area contributed by atoms with Gasteiger partial charge >= 0.3 is 5.97 Å². The monoisotopic (exact) mass is 563 g/mol. The van der Waals surface area contributed by atoms with Crippen molar-refractivity contribution in [2.75, 3.05) is 13.2 Å². The average molecular weight is 564 g/mol. The Labute approximate surface area is 226 Å². The van der Waals surface area contributed by atoms with E-state index in [0.29, 0.717) is 27.8 Å². The summed E-state index contributed by atoms with van der Waals surface area (Å²) < 4.78 is 40.0. The number of hydrogen-bond acceptors (Lipinski definition) is 5. The van der Waals surface area contributed by atoms with Gasteiger partial charge in [0.05, 0.1) is 25.5 Å². The number of hydrogen-bond donors (Lipinski definition) is 0. The second-order valence-corrected chi connectivity index (χ2v) is 12.2. The maximum absolute atomic E-state index is 13.7. The van der Waals surface area contributed by atoms with Crippen LogP contribution in [0.2, 0.25) is 5.02 Å². The van der Waals surface area contributed by atoms with E-state index in [2.05, 4.69) is 0 Å². The number of allylic oxidation sites excluding steroid dienone is 3. The van der Waals surface area contributed by atoms with Crippen molar-refractivity contribution in [3.63, 3.8) is 0 Å². The third kappa shape index (κ3) is 7.11. The number of carbonyl (C=O) groups excluding carboxylic acids is 1. The van der Waals surface area contributed by atoms with Crippen LogP contribution < -0.4 is 10.6 Å². The molecular weight excluding hydrogens is 529 g/mol. The van der Waals surface area contributed by atoms with E-state index in [-0.39, 0.29) is 12.3 Å². The molecule has 2 unspecified atom stereocenters. The molecule has 3 rings (SSSR count). The van der Waals surface area contributed by atoms with E-state index in [9.17, 15) is 13.2 Å². The highest BCUT2D eigenvalue weighted by atomic mass is 35.5. The molecule has 0 aliphatic rings. The van der Waals surface area contributed by atoms with Gasteiger partial charge in [-0.2, -0.15) is 0 Å². The molecule has 0 saturated carbocycles. The largest absolute Gasteiger partial charge is 0.461 e. The second kappa shape index (κ2) is 14.5. The molecule has 200 valence electrons. The van der Waals surface area contributed by atoms with Crippen molar-refractivity contribution in [2.45, 2.75) is 46.8 Å². The van der Waals surface area contributed by atoms with Gasteiger partial charge in [0.1, 0.15) is 0 Å². The van der Waals surface area contributed by atoms with Gasteiger partial charge in [-0.15, -0.1) is 0 Å². The minimum atomic E-state index is -4.00. The van der Waals surface area contributed by atoms with Crippen LogP contribution in [0.3, 0.4) is 0 Å². The van der Waals surface area contributed by atoms with Crippen LogP contribution in [0.4, 0.5) is 0 Å². The number of esters is 1. The Kier molecular flexibility index (Phi) is 12.1. The third-order valence-corrected chi connectivity index (χ3v) is 9.66. The molecule has 0 N–H and O–H groups in total. The van der Waals surface area contributed by atoms with Crippen LogP contribution in [-0.4, -0.2) is 36.8 Å². The van der Waals surface area contributed by atoms with E-state index in [4.69, 9.17) is 20.9 Å². The van der Waals surface area contributed by atoms with Gasteiger partial charge in [-0.25, -0.2) is 17.2 Å². The first kappa shape index (κ1) is 30.8. The molecule has 0 radical (unpaired) electrons. The Morgan fingerprint density at radius 3 is 2.22 bits per heavy atom. The number of benzene rings is 2. The number of aromatic nitrogens is 1. The van der Waals surface area contributed by atoms with E-state index < -0.39 is 29.4 Å². The van der Waals surface area contributed by atoms with Crippen LogP contribution >= 0.6 is 19.7 Å². The lowest BCUT2D eigenvalue weighted by molar-refractivity contribution is 0.0520. The summed E-state index contributed by atoms with van der Waals surface area (Å²) in [4.78, 5) is 13.3. The number of rotatable bonds is 9. The van der Waals surface area contributed by atoms with Gasteiger partial charge in [-0.3, -0.25) is 0 Å². The molecule has 0 spiro atoms. The van der Waals surface area contributed by atoms with E-state index in [1.54, 1.807) is 51.1 Å². The van der Waals surface area contributed by atoms with Crippen molar-refractivity contribution >= 4 is 57.3 Å². The Bertz CT molecular complexity index is 1350. The Morgan fingerprint density at radius 1 is 1.03 bits per heavy atom. The van der Waals surface area contributed by atoms with Gasteiger partial charge in [0.15, 0.2) is 5.69 Å². The van der Waals surface area contributed by atoms with Crippen molar-refractivity contribution in [1.29, 1.82) is 0 Å². The minimum Gasteiger partial charge on any atom is -0.461 e. The Balaban J connectivity index is 0.00000112. The zero-order valence-electron chi connectivity index (χ0n) is 22.1. The van der Waals surface area contributed by atoms with Gasteiger partial charge in [0.25, 0.3) is 0 Å². The molecule has 0 amide bonds. The van der Waals surface area contributed by atoms with Crippen molar-refractivity contribution in [3.05, 3.63) is 83.6 Å². The maximum Gasteiger partial charge on any atom is 0.356 e. The van der Waals surface area contributed by atoms with Crippen LogP contribution in [0.15, 0.2) is 72.8 Å². The van der Waals surface area contributed by atoms with E-state index in [1.807, 2.05) is 63.3 Å². The van der Waals surface area contributed by atoms with Gasteiger partial charge < -0.3 is 9.26 Å². The van der Waals surface area contributed by atoms with E-state index in [0.717, 1.165) is 9.28 Å². The first-order valence-electron chi connectivity index (χ1n) is 12.1. The van der Waals surface area contributed by atoms with Crippen molar-refractivity contribution in [1.82, 2.24) is 3.97 Å². The third-order valence-electron chi connectivity index (χ3n) is 5.30. The Morgan fingerprint density at radius 2 is 1.68 bits per heavy atom. The molecule has 0 bridgehead atoms. The number of carbonyl (C=O) groups is 1. The standard InChI is InChI=1S/C24H27ClNO5PS.C4H8/c1-5-11-17(4)33(28,29)26-21-15-14-18(25)16-20(21)23(22(26)24(27)30-6-2)32(31-7-3)19-12-9-8-10-13-19;1-3-4-2/h5,8-17H,6-7H2,1-4H3;3-4H,1-2H3/b11-5-;4-3-. The molecule has 9 heteroatoms. The SMILES string of the molecule is C/C=C\C.C/C=C\C(C)S(=O)(=O)n1c(C(=O)OCC)c(P(OCC)c2ccccc2)c2cc(Cl)ccc21. The zero-order chi connectivity index (χ0) is 27.6. The molecule has 0 aliphatic carbocycles. The summed E-state index contributed by atoms with van der Waals surface area (Å²) in [7, 11) is -5.55. The predicted molar refractivity (Wildman–Crippen MR) is 156 cm³/mol. The topological polar surface area (TPSA) is 74.6 Å². The molecule has 3 aromatic rings. The molecule has 6 nitrogen and oxygen atoms in total. The van der Waals surface area contributed by atoms with Crippen molar-refractivity contribution < 1.29 is 22.5 Å². The Hall–Kier alpha value is -2.44. The number of halogens is 1. The fraction of sp³-hybridized carbons (Fsp3) is 0.321. The van der Waals surface area contributed by atoms with Gasteiger partial charge in [-0.1, -0.05) is 66.2 Å². The fourth-order valence-electron chi connectivity index (χ4n) is 3.57. The highest BCUT2D eigenvalue weighted by Crippen LogP contribution is 2.41.